The van der Waals surface area contributed by atoms with Gasteiger partial charge in [0.25, 0.3) is 5.56 Å². The summed E-state index contributed by atoms with van der Waals surface area (Å²) in [6.07, 6.45) is 8.05. The van der Waals surface area contributed by atoms with Crippen LogP contribution in [-0.4, -0.2) is 32.5 Å². The van der Waals surface area contributed by atoms with Crippen LogP contribution in [0.3, 0.4) is 0 Å². The molecular formula is C20H26FN3O2S. The number of aromatic nitrogens is 2. The number of aliphatic hydroxyl groups is 1. The average Bonchev–Trinajstić information content (AvgIpc) is 3.13. The Morgan fingerprint density at radius 1 is 1.19 bits per heavy atom. The molecule has 2 aliphatic rings. The Labute approximate surface area is 162 Å². The van der Waals surface area contributed by atoms with Crippen molar-refractivity contribution in [2.75, 3.05) is 5.32 Å². The largest absolute Gasteiger partial charge is 0.393 e. The number of hydrogen-bond acceptors (Lipinski definition) is 5. The molecule has 1 heterocycles. The van der Waals surface area contributed by atoms with Crippen molar-refractivity contribution < 1.29 is 9.50 Å². The van der Waals surface area contributed by atoms with E-state index >= 15 is 0 Å². The number of halogens is 1. The molecule has 0 radical (unpaired) electrons. The standard InChI is InChI=1S/C20H26FN3O2S/c21-16-9-13(22-12-3-1-2-4-12)10-17-19(16)20(26)24-18(23-17)11-27-15-7-5-14(25)6-8-15/h9-10,12,14-15,22,25H,1-8,11H2,(H,23,24,26)/t14-,15-. The molecule has 0 atom stereocenters. The third-order valence-corrected chi connectivity index (χ3v) is 7.02. The van der Waals surface area contributed by atoms with E-state index in [9.17, 15) is 14.3 Å². The molecule has 1 aromatic carbocycles. The van der Waals surface area contributed by atoms with E-state index in [1.807, 2.05) is 0 Å². The van der Waals surface area contributed by atoms with Crippen molar-refractivity contribution >= 4 is 28.4 Å². The molecule has 7 heteroatoms. The molecule has 1 aromatic heterocycles. The summed E-state index contributed by atoms with van der Waals surface area (Å²) < 4.78 is 14.5. The number of nitrogens with one attached hydrogen (secondary N) is 2. The highest BCUT2D eigenvalue weighted by Crippen LogP contribution is 2.30. The third kappa shape index (κ3) is 4.46. The van der Waals surface area contributed by atoms with E-state index < -0.39 is 11.4 Å². The van der Waals surface area contributed by atoms with Crippen LogP contribution >= 0.6 is 11.8 Å². The van der Waals surface area contributed by atoms with Crippen LogP contribution in [0.15, 0.2) is 16.9 Å². The Morgan fingerprint density at radius 2 is 1.93 bits per heavy atom. The minimum atomic E-state index is -0.526. The quantitative estimate of drug-likeness (QED) is 0.719. The number of H-pyrrole nitrogens is 1. The normalized spacial score (nSPS) is 23.8. The van der Waals surface area contributed by atoms with E-state index in [2.05, 4.69) is 15.3 Å². The Balaban J connectivity index is 1.52. The highest BCUT2D eigenvalue weighted by Gasteiger charge is 2.20. The lowest BCUT2D eigenvalue weighted by atomic mass is 9.97. The molecule has 27 heavy (non-hydrogen) atoms. The molecule has 0 saturated heterocycles. The number of thioether (sulfide) groups is 1. The van der Waals surface area contributed by atoms with Gasteiger partial charge in [0.15, 0.2) is 0 Å². The summed E-state index contributed by atoms with van der Waals surface area (Å²) in [5.74, 6) is 0.650. The van der Waals surface area contributed by atoms with Crippen LogP contribution in [-0.2, 0) is 5.75 Å². The maximum atomic E-state index is 14.5. The fraction of sp³-hybridized carbons (Fsp3) is 0.600. The van der Waals surface area contributed by atoms with Gasteiger partial charge in [0.2, 0.25) is 0 Å². The van der Waals surface area contributed by atoms with Crippen LogP contribution < -0.4 is 10.9 Å². The molecule has 5 nitrogen and oxygen atoms in total. The van der Waals surface area contributed by atoms with E-state index in [-0.39, 0.29) is 11.5 Å². The zero-order chi connectivity index (χ0) is 18.8. The summed E-state index contributed by atoms with van der Waals surface area (Å²) in [6, 6.07) is 3.57. The molecule has 3 N–H and O–H groups in total. The van der Waals surface area contributed by atoms with Crippen LogP contribution in [0.5, 0.6) is 0 Å². The van der Waals surface area contributed by atoms with Gasteiger partial charge in [-0.3, -0.25) is 4.79 Å². The maximum absolute atomic E-state index is 14.5. The molecule has 0 aliphatic heterocycles. The van der Waals surface area contributed by atoms with Crippen molar-refractivity contribution in [1.29, 1.82) is 0 Å². The smallest absolute Gasteiger partial charge is 0.261 e. The second-order valence-electron chi connectivity index (χ2n) is 7.73. The Hall–Kier alpha value is -1.60. The van der Waals surface area contributed by atoms with Crippen LogP contribution in [0.1, 0.15) is 57.2 Å². The molecule has 2 aliphatic carbocycles. The fourth-order valence-electron chi connectivity index (χ4n) is 4.14. The van der Waals surface area contributed by atoms with E-state index in [4.69, 9.17) is 0 Å². The van der Waals surface area contributed by atoms with Crippen LogP contribution in [0.4, 0.5) is 10.1 Å². The molecule has 2 fully saturated rings. The van der Waals surface area contributed by atoms with E-state index in [0.717, 1.165) is 38.5 Å². The number of anilines is 1. The van der Waals surface area contributed by atoms with Gasteiger partial charge >= 0.3 is 0 Å². The van der Waals surface area contributed by atoms with Crippen molar-refractivity contribution in [3.63, 3.8) is 0 Å². The van der Waals surface area contributed by atoms with Crippen LogP contribution in [0.2, 0.25) is 0 Å². The van der Waals surface area contributed by atoms with Crippen LogP contribution in [0.25, 0.3) is 10.9 Å². The first-order chi connectivity index (χ1) is 13.1. The van der Waals surface area contributed by atoms with Gasteiger partial charge in [-0.05, 0) is 50.7 Å². The monoisotopic (exact) mass is 391 g/mol. The van der Waals surface area contributed by atoms with Gasteiger partial charge in [-0.15, -0.1) is 0 Å². The van der Waals surface area contributed by atoms with Gasteiger partial charge in [-0.2, -0.15) is 11.8 Å². The SMILES string of the molecule is O=c1[nH]c(CS[C@H]2CC[C@H](O)CC2)nc2cc(NC3CCCC3)cc(F)c12. The van der Waals surface area contributed by atoms with E-state index in [1.165, 1.54) is 18.9 Å². The number of hydrogen-bond donors (Lipinski definition) is 3. The number of aromatic amines is 1. The molecule has 0 unspecified atom stereocenters. The van der Waals surface area contributed by atoms with Gasteiger partial charge in [0.1, 0.15) is 17.0 Å². The van der Waals surface area contributed by atoms with Gasteiger partial charge in [-0.25, -0.2) is 9.37 Å². The summed E-state index contributed by atoms with van der Waals surface area (Å²) in [5.41, 5.74) is 0.693. The lowest BCUT2D eigenvalue weighted by Crippen LogP contribution is -2.20. The van der Waals surface area contributed by atoms with Gasteiger partial charge in [0, 0.05) is 17.0 Å². The second-order valence-corrected chi connectivity index (χ2v) is 9.02. The second kappa shape index (κ2) is 8.19. The molecule has 4 rings (SSSR count). The van der Waals surface area contributed by atoms with Gasteiger partial charge in [-0.1, -0.05) is 12.8 Å². The van der Waals surface area contributed by atoms with E-state index in [1.54, 1.807) is 17.8 Å². The summed E-state index contributed by atoms with van der Waals surface area (Å²) >= 11 is 1.75. The minimum absolute atomic E-state index is 0.0292. The van der Waals surface area contributed by atoms with Crippen LogP contribution in [0, 0.1) is 5.82 Å². The number of nitrogens with zero attached hydrogens (tertiary/aromatic N) is 1. The Bertz CT molecular complexity index is 858. The zero-order valence-corrected chi connectivity index (χ0v) is 16.2. The Kier molecular flexibility index (Phi) is 5.68. The van der Waals surface area contributed by atoms with Gasteiger partial charge < -0.3 is 15.4 Å². The molecule has 0 spiro atoms. The minimum Gasteiger partial charge on any atom is -0.393 e. The number of rotatable bonds is 5. The molecule has 2 aromatic rings. The van der Waals surface area contributed by atoms with Crippen molar-refractivity contribution in [3.05, 3.63) is 34.1 Å². The van der Waals surface area contributed by atoms with Gasteiger partial charge in [0.05, 0.1) is 17.4 Å². The predicted molar refractivity (Wildman–Crippen MR) is 108 cm³/mol. The van der Waals surface area contributed by atoms with Crippen molar-refractivity contribution in [2.45, 2.75) is 74.5 Å². The molecule has 146 valence electrons. The fourth-order valence-corrected chi connectivity index (χ4v) is 5.27. The summed E-state index contributed by atoms with van der Waals surface area (Å²) in [7, 11) is 0. The number of benzene rings is 1. The first-order valence-corrected chi connectivity index (χ1v) is 10.9. The third-order valence-electron chi connectivity index (χ3n) is 5.64. The van der Waals surface area contributed by atoms with E-state index in [0.29, 0.717) is 34.1 Å². The topological polar surface area (TPSA) is 78.0 Å². The summed E-state index contributed by atoms with van der Waals surface area (Å²) in [6.45, 7) is 0. The highest BCUT2D eigenvalue weighted by molar-refractivity contribution is 7.99. The molecular weight excluding hydrogens is 365 g/mol. The zero-order valence-electron chi connectivity index (χ0n) is 15.3. The molecule has 2 saturated carbocycles. The lowest BCUT2D eigenvalue weighted by Gasteiger charge is -2.24. The van der Waals surface area contributed by atoms with Crippen molar-refractivity contribution in [2.24, 2.45) is 0 Å². The first kappa shape index (κ1) is 18.7. The molecule has 0 bridgehead atoms. The van der Waals surface area contributed by atoms with Crippen molar-refractivity contribution in [1.82, 2.24) is 9.97 Å². The highest BCUT2D eigenvalue weighted by atomic mass is 32.2. The summed E-state index contributed by atoms with van der Waals surface area (Å²) in [4.78, 5) is 19.6. The Morgan fingerprint density at radius 3 is 2.67 bits per heavy atom. The average molecular weight is 392 g/mol. The van der Waals surface area contributed by atoms with Crippen molar-refractivity contribution in [3.8, 4) is 0 Å². The lowest BCUT2D eigenvalue weighted by molar-refractivity contribution is 0.132. The number of aliphatic hydroxyl groups excluding tert-OH is 1. The maximum Gasteiger partial charge on any atom is 0.261 e. The first-order valence-electron chi connectivity index (χ1n) is 9.87. The summed E-state index contributed by atoms with van der Waals surface area (Å²) in [5, 5.41) is 13.5. The molecule has 0 amide bonds. The predicted octanol–water partition coefficient (Wildman–Crippen LogP) is 3.95. The number of fused-ring (bicyclic) bond motifs is 1.